The lowest BCUT2D eigenvalue weighted by molar-refractivity contribution is -0.138. The van der Waals surface area contributed by atoms with Gasteiger partial charge in [-0.15, -0.1) is 0 Å². The van der Waals surface area contributed by atoms with E-state index in [-0.39, 0.29) is 25.3 Å². The van der Waals surface area contributed by atoms with Crippen molar-refractivity contribution in [2.24, 2.45) is 0 Å². The number of benzene rings is 2. The summed E-state index contributed by atoms with van der Waals surface area (Å²) < 4.78 is 0. The second-order valence-corrected chi connectivity index (χ2v) is 7.94. The van der Waals surface area contributed by atoms with Crippen molar-refractivity contribution in [2.75, 3.05) is 18.4 Å². The first-order valence-electron chi connectivity index (χ1n) is 11.5. The Morgan fingerprint density at radius 2 is 1.51 bits per heavy atom. The van der Waals surface area contributed by atoms with Crippen LogP contribution in [0.5, 0.6) is 0 Å². The number of carbonyl (C=O) groups excluding carboxylic acids is 2. The third-order valence-corrected chi connectivity index (χ3v) is 5.26. The van der Waals surface area contributed by atoms with Crippen LogP contribution in [-0.4, -0.2) is 45.9 Å². The van der Waals surface area contributed by atoms with Gasteiger partial charge in [0.05, 0.1) is 19.0 Å². The number of carboxylic acid groups (broad SMARTS) is 1. The summed E-state index contributed by atoms with van der Waals surface area (Å²) in [6, 6.07) is 18.2. The van der Waals surface area contributed by atoms with E-state index in [1.807, 2.05) is 54.6 Å². The second-order valence-electron chi connectivity index (χ2n) is 7.94. The molecular weight excluding hydrogens is 446 g/mol. The Morgan fingerprint density at radius 3 is 2.20 bits per heavy atom. The van der Waals surface area contributed by atoms with E-state index in [0.29, 0.717) is 24.5 Å². The van der Waals surface area contributed by atoms with Gasteiger partial charge in [-0.3, -0.25) is 14.4 Å². The van der Waals surface area contributed by atoms with Crippen molar-refractivity contribution in [1.82, 2.24) is 20.6 Å². The summed E-state index contributed by atoms with van der Waals surface area (Å²) in [6.07, 6.45) is 4.70. The van der Waals surface area contributed by atoms with Crippen LogP contribution in [0.2, 0.25) is 0 Å². The Kier molecular flexibility index (Phi) is 9.74. The van der Waals surface area contributed by atoms with Crippen LogP contribution in [0.15, 0.2) is 73.1 Å². The molecule has 0 aliphatic heterocycles. The van der Waals surface area contributed by atoms with Crippen LogP contribution >= 0.6 is 0 Å². The molecule has 0 saturated carbocycles. The highest BCUT2D eigenvalue weighted by molar-refractivity contribution is 5.85. The van der Waals surface area contributed by atoms with Crippen LogP contribution in [0.25, 0.3) is 11.1 Å². The number of carboxylic acids is 1. The Bertz CT molecular complexity index is 1090. The van der Waals surface area contributed by atoms with Gasteiger partial charge in [0.15, 0.2) is 0 Å². The summed E-state index contributed by atoms with van der Waals surface area (Å²) in [5.41, 5.74) is 2.72. The number of aromatic nitrogens is 2. The first-order chi connectivity index (χ1) is 17.0. The normalized spacial score (nSPS) is 11.3. The number of hydrogen-bond donors (Lipinski definition) is 4. The molecule has 1 aromatic heterocycles. The summed E-state index contributed by atoms with van der Waals surface area (Å²) >= 11 is 0. The molecule has 1 heterocycles. The summed E-state index contributed by atoms with van der Waals surface area (Å²) in [5, 5.41) is 17.7. The molecule has 182 valence electrons. The molecular formula is C26H29N5O4. The van der Waals surface area contributed by atoms with Crippen LogP contribution in [0, 0.1) is 0 Å². The summed E-state index contributed by atoms with van der Waals surface area (Å²) in [5.74, 6) is -1.17. The molecule has 2 amide bonds. The van der Waals surface area contributed by atoms with E-state index in [0.717, 1.165) is 17.5 Å². The van der Waals surface area contributed by atoms with Gasteiger partial charge in [0, 0.05) is 25.4 Å². The highest BCUT2D eigenvalue weighted by Crippen LogP contribution is 2.23. The van der Waals surface area contributed by atoms with Gasteiger partial charge >= 0.3 is 5.97 Å². The second kappa shape index (κ2) is 13.4. The topological polar surface area (TPSA) is 133 Å². The monoisotopic (exact) mass is 475 g/mol. The van der Waals surface area contributed by atoms with Crippen LogP contribution in [-0.2, 0) is 14.4 Å². The number of nitrogens with zero attached hydrogens (tertiary/aromatic N) is 2. The van der Waals surface area contributed by atoms with Gasteiger partial charge < -0.3 is 21.1 Å². The fourth-order valence-corrected chi connectivity index (χ4v) is 3.48. The van der Waals surface area contributed by atoms with Crippen LogP contribution in [0.1, 0.15) is 37.3 Å². The van der Waals surface area contributed by atoms with E-state index >= 15 is 0 Å². The van der Waals surface area contributed by atoms with Crippen LogP contribution < -0.4 is 16.0 Å². The number of aliphatic carboxylic acids is 1. The van der Waals surface area contributed by atoms with Gasteiger partial charge in [-0.1, -0.05) is 54.6 Å². The zero-order valence-electron chi connectivity index (χ0n) is 19.3. The van der Waals surface area contributed by atoms with E-state index in [9.17, 15) is 19.5 Å². The molecule has 0 radical (unpaired) electrons. The van der Waals surface area contributed by atoms with Crippen molar-refractivity contribution in [3.8, 4) is 11.1 Å². The molecule has 2 aromatic carbocycles. The lowest BCUT2D eigenvalue weighted by Gasteiger charge is -2.18. The molecule has 9 nitrogen and oxygen atoms in total. The molecule has 1 atom stereocenters. The molecule has 35 heavy (non-hydrogen) atoms. The Labute approximate surface area is 204 Å². The summed E-state index contributed by atoms with van der Waals surface area (Å²) in [4.78, 5) is 43.9. The molecule has 0 spiro atoms. The highest BCUT2D eigenvalue weighted by Gasteiger charge is 2.18. The molecule has 0 aliphatic rings. The molecule has 0 aliphatic carbocycles. The maximum absolute atomic E-state index is 12.4. The molecule has 4 N–H and O–H groups in total. The third kappa shape index (κ3) is 8.88. The SMILES string of the molecule is O=C(O)CC(NC(=O)CNC(=O)CCCCNc1ncccn1)c1ccc(-c2ccccc2)cc1. The molecule has 9 heteroatoms. The van der Waals surface area contributed by atoms with Crippen molar-refractivity contribution in [3.63, 3.8) is 0 Å². The van der Waals surface area contributed by atoms with Crippen LogP contribution in [0.4, 0.5) is 5.95 Å². The average molecular weight is 476 g/mol. The first kappa shape index (κ1) is 25.4. The molecule has 3 rings (SSSR count). The number of anilines is 1. The van der Waals surface area contributed by atoms with E-state index in [1.165, 1.54) is 0 Å². The molecule has 3 aromatic rings. The van der Waals surface area contributed by atoms with Crippen molar-refractivity contribution in [2.45, 2.75) is 31.7 Å². The average Bonchev–Trinajstić information content (AvgIpc) is 2.88. The minimum atomic E-state index is -1.03. The highest BCUT2D eigenvalue weighted by atomic mass is 16.4. The van der Waals surface area contributed by atoms with E-state index in [1.54, 1.807) is 18.5 Å². The van der Waals surface area contributed by atoms with Gasteiger partial charge in [0.2, 0.25) is 17.8 Å². The fraction of sp³-hybridized carbons (Fsp3) is 0.269. The predicted molar refractivity (Wildman–Crippen MR) is 132 cm³/mol. The van der Waals surface area contributed by atoms with Gasteiger partial charge in [0.25, 0.3) is 0 Å². The van der Waals surface area contributed by atoms with E-state index in [4.69, 9.17) is 0 Å². The Hall–Kier alpha value is -4.27. The number of amides is 2. The Morgan fingerprint density at radius 1 is 0.829 bits per heavy atom. The standard InChI is InChI=1S/C26H29N5O4/c32-23(9-4-5-14-27-26-28-15-6-16-29-26)30-18-24(33)31-22(17-25(34)35)21-12-10-20(11-13-21)19-7-2-1-3-8-19/h1-3,6-8,10-13,15-16,22H,4-5,9,14,17-18H2,(H,30,32)(H,31,33)(H,34,35)(H,27,28,29). The molecule has 1 unspecified atom stereocenters. The maximum Gasteiger partial charge on any atom is 0.305 e. The van der Waals surface area contributed by atoms with Gasteiger partial charge in [-0.25, -0.2) is 9.97 Å². The number of unbranched alkanes of at least 4 members (excludes halogenated alkanes) is 1. The van der Waals surface area contributed by atoms with Crippen molar-refractivity contribution in [3.05, 3.63) is 78.6 Å². The minimum absolute atomic E-state index is 0.215. The van der Waals surface area contributed by atoms with Crippen molar-refractivity contribution < 1.29 is 19.5 Å². The third-order valence-electron chi connectivity index (χ3n) is 5.26. The van der Waals surface area contributed by atoms with Gasteiger partial charge in [-0.2, -0.15) is 0 Å². The van der Waals surface area contributed by atoms with Gasteiger partial charge in [0.1, 0.15) is 0 Å². The van der Waals surface area contributed by atoms with E-state index < -0.39 is 17.9 Å². The molecule has 0 fully saturated rings. The van der Waals surface area contributed by atoms with Crippen molar-refractivity contribution in [1.29, 1.82) is 0 Å². The smallest absolute Gasteiger partial charge is 0.305 e. The Balaban J connectivity index is 1.42. The van der Waals surface area contributed by atoms with Crippen LogP contribution in [0.3, 0.4) is 0 Å². The summed E-state index contributed by atoms with van der Waals surface area (Å²) in [6.45, 7) is 0.421. The predicted octanol–water partition coefficient (Wildman–Crippen LogP) is 3.17. The number of rotatable bonds is 13. The lowest BCUT2D eigenvalue weighted by atomic mass is 9.99. The lowest BCUT2D eigenvalue weighted by Crippen LogP contribution is -2.39. The van der Waals surface area contributed by atoms with Gasteiger partial charge in [-0.05, 0) is 35.6 Å². The fourth-order valence-electron chi connectivity index (χ4n) is 3.48. The first-order valence-corrected chi connectivity index (χ1v) is 11.5. The molecule has 0 saturated heterocycles. The summed E-state index contributed by atoms with van der Waals surface area (Å²) in [7, 11) is 0. The zero-order valence-corrected chi connectivity index (χ0v) is 19.3. The maximum atomic E-state index is 12.4. The van der Waals surface area contributed by atoms with E-state index in [2.05, 4.69) is 25.9 Å². The zero-order chi connectivity index (χ0) is 24.9. The minimum Gasteiger partial charge on any atom is -0.481 e. The molecule has 0 bridgehead atoms. The largest absolute Gasteiger partial charge is 0.481 e. The number of hydrogen-bond acceptors (Lipinski definition) is 6. The number of carbonyl (C=O) groups is 3. The number of nitrogens with one attached hydrogen (secondary N) is 3. The van der Waals surface area contributed by atoms with Crippen molar-refractivity contribution >= 4 is 23.7 Å². The quantitative estimate of drug-likeness (QED) is 0.279.